The van der Waals surface area contributed by atoms with Gasteiger partial charge in [-0.25, -0.2) is 4.31 Å². The van der Waals surface area contributed by atoms with Crippen LogP contribution in [0.1, 0.15) is 49.1 Å². The van der Waals surface area contributed by atoms with Gasteiger partial charge in [0, 0.05) is 18.9 Å². The molecular weight excluding hydrogens is 310 g/mol. The molecule has 0 spiro atoms. The monoisotopic (exact) mass is 333 g/mol. The second-order valence-corrected chi connectivity index (χ2v) is 7.15. The van der Waals surface area contributed by atoms with Crippen LogP contribution in [0.3, 0.4) is 0 Å². The molecule has 1 aliphatic heterocycles. The first-order valence-electron chi connectivity index (χ1n) is 8.36. The van der Waals surface area contributed by atoms with Crippen LogP contribution >= 0.6 is 12.8 Å². The van der Waals surface area contributed by atoms with Crippen LogP contribution in [-0.2, 0) is 16.0 Å². The summed E-state index contributed by atoms with van der Waals surface area (Å²) in [5, 5.41) is 9.31. The van der Waals surface area contributed by atoms with Crippen LogP contribution in [0.2, 0.25) is 0 Å². The van der Waals surface area contributed by atoms with Crippen LogP contribution < -0.4 is 0 Å². The van der Waals surface area contributed by atoms with E-state index in [0.717, 1.165) is 19.3 Å². The number of hydrogen-bond acceptors (Lipinski definition) is 4. The van der Waals surface area contributed by atoms with Crippen molar-refractivity contribution in [2.24, 2.45) is 5.92 Å². The van der Waals surface area contributed by atoms with E-state index >= 15 is 0 Å². The van der Waals surface area contributed by atoms with Gasteiger partial charge >= 0.3 is 5.97 Å². The maximum absolute atomic E-state index is 12.5. The molecule has 3 atom stereocenters. The third kappa shape index (κ3) is 3.45. The summed E-state index contributed by atoms with van der Waals surface area (Å²) in [6, 6.07) is 7.72. The average molecular weight is 333 g/mol. The van der Waals surface area contributed by atoms with Crippen molar-refractivity contribution in [3.8, 4) is 0 Å². The highest BCUT2D eigenvalue weighted by atomic mass is 32.1. The number of benzene rings is 1. The summed E-state index contributed by atoms with van der Waals surface area (Å²) < 4.78 is 1.49. The minimum Gasteiger partial charge on any atom is -0.480 e. The number of carboxylic acids is 1. The van der Waals surface area contributed by atoms with Gasteiger partial charge in [-0.15, -0.1) is 0 Å². The molecule has 2 aliphatic rings. The van der Waals surface area contributed by atoms with Crippen molar-refractivity contribution in [1.82, 2.24) is 4.31 Å². The van der Waals surface area contributed by atoms with Gasteiger partial charge in [0.2, 0.25) is 0 Å². The molecule has 3 rings (SSSR count). The van der Waals surface area contributed by atoms with Crippen molar-refractivity contribution in [3.05, 3.63) is 35.4 Å². The molecule has 2 unspecified atom stereocenters. The van der Waals surface area contributed by atoms with E-state index in [4.69, 9.17) is 0 Å². The third-order valence-electron chi connectivity index (χ3n) is 5.27. The highest BCUT2D eigenvalue weighted by Crippen LogP contribution is 2.36. The summed E-state index contributed by atoms with van der Waals surface area (Å²) in [6.07, 6.45) is 5.30. The third-order valence-corrected chi connectivity index (χ3v) is 5.72. The highest BCUT2D eigenvalue weighted by molar-refractivity contribution is 7.77. The standard InChI is InChI=1S/C18H23NO3S/c20-16(15-10-11-19(23)17(15)18(21)22)9-8-13-6-3-5-12-4-1-2-7-14(12)13/h1-2,4,7,13,15,17,23H,3,5-6,8-11H2,(H,21,22)/t13?,15?,17-/m0/s1. The van der Waals surface area contributed by atoms with E-state index in [9.17, 15) is 14.7 Å². The molecule has 4 nitrogen and oxygen atoms in total. The maximum Gasteiger partial charge on any atom is 0.322 e. The number of thiol groups is 1. The van der Waals surface area contributed by atoms with Crippen LogP contribution in [0, 0.1) is 5.92 Å². The Morgan fingerprint density at radius 3 is 2.83 bits per heavy atom. The van der Waals surface area contributed by atoms with E-state index in [2.05, 4.69) is 37.1 Å². The Bertz CT molecular complexity index is 604. The Hall–Kier alpha value is -1.33. The minimum atomic E-state index is -0.945. The summed E-state index contributed by atoms with van der Waals surface area (Å²) in [7, 11) is 0. The summed E-state index contributed by atoms with van der Waals surface area (Å²) in [5.41, 5.74) is 2.78. The van der Waals surface area contributed by atoms with Gasteiger partial charge in [0.1, 0.15) is 11.8 Å². The van der Waals surface area contributed by atoms with Gasteiger partial charge in [-0.1, -0.05) is 37.1 Å². The molecule has 23 heavy (non-hydrogen) atoms. The maximum atomic E-state index is 12.5. The number of aliphatic carboxylic acids is 1. The first kappa shape index (κ1) is 16.5. The number of aryl methyl sites for hydroxylation is 1. The Kier molecular flexibility index (Phi) is 5.07. The van der Waals surface area contributed by atoms with E-state index in [1.165, 1.54) is 21.9 Å². The lowest BCUT2D eigenvalue weighted by Gasteiger charge is -2.26. The lowest BCUT2D eigenvalue weighted by molar-refractivity contribution is -0.144. The van der Waals surface area contributed by atoms with E-state index in [1.54, 1.807) is 0 Å². The molecule has 1 fully saturated rings. The molecule has 0 amide bonds. The highest BCUT2D eigenvalue weighted by Gasteiger charge is 2.41. The molecule has 1 N–H and O–H groups in total. The molecule has 1 heterocycles. The van der Waals surface area contributed by atoms with Gasteiger partial charge in [0.25, 0.3) is 0 Å². The Morgan fingerprint density at radius 2 is 2.04 bits per heavy atom. The predicted octanol–water partition coefficient (Wildman–Crippen LogP) is 3.08. The Balaban J connectivity index is 1.63. The lowest BCUT2D eigenvalue weighted by Crippen LogP contribution is -2.37. The summed E-state index contributed by atoms with van der Waals surface area (Å²) >= 11 is 4.19. The van der Waals surface area contributed by atoms with Crippen LogP contribution in [0.5, 0.6) is 0 Å². The van der Waals surface area contributed by atoms with Gasteiger partial charge in [-0.2, -0.15) is 0 Å². The van der Waals surface area contributed by atoms with E-state index in [1.807, 2.05) is 0 Å². The summed E-state index contributed by atoms with van der Waals surface area (Å²) in [5.74, 6) is -0.847. The number of fused-ring (bicyclic) bond motifs is 1. The zero-order chi connectivity index (χ0) is 16.4. The number of carbonyl (C=O) groups excluding carboxylic acids is 1. The number of hydrogen-bond donors (Lipinski definition) is 2. The first-order valence-corrected chi connectivity index (χ1v) is 8.76. The molecule has 1 aliphatic carbocycles. The van der Waals surface area contributed by atoms with Crippen molar-refractivity contribution in [2.45, 2.75) is 50.5 Å². The van der Waals surface area contributed by atoms with Crippen LogP contribution in [0.25, 0.3) is 0 Å². The molecule has 1 saturated heterocycles. The van der Waals surface area contributed by atoms with E-state index < -0.39 is 17.9 Å². The number of carbonyl (C=O) groups is 2. The number of rotatable bonds is 5. The summed E-state index contributed by atoms with van der Waals surface area (Å²) in [6.45, 7) is 0.558. The molecule has 1 aromatic rings. The van der Waals surface area contributed by atoms with E-state index in [0.29, 0.717) is 25.3 Å². The van der Waals surface area contributed by atoms with Crippen molar-refractivity contribution >= 4 is 24.6 Å². The van der Waals surface area contributed by atoms with Crippen LogP contribution in [-0.4, -0.2) is 33.8 Å². The molecule has 1 aromatic carbocycles. The number of Topliss-reactive ketones (excluding diaryl/α,β-unsaturated/α-hetero) is 1. The van der Waals surface area contributed by atoms with E-state index in [-0.39, 0.29) is 5.78 Å². The Morgan fingerprint density at radius 1 is 1.26 bits per heavy atom. The normalized spacial score (nSPS) is 27.6. The van der Waals surface area contributed by atoms with Crippen molar-refractivity contribution in [2.75, 3.05) is 6.54 Å². The fourth-order valence-corrected chi connectivity index (χ4v) is 4.44. The summed E-state index contributed by atoms with van der Waals surface area (Å²) in [4.78, 5) is 23.9. The molecule has 0 radical (unpaired) electrons. The molecule has 0 aromatic heterocycles. The molecule has 0 saturated carbocycles. The van der Waals surface area contributed by atoms with Gasteiger partial charge in [-0.3, -0.25) is 9.59 Å². The largest absolute Gasteiger partial charge is 0.480 e. The number of carboxylic acid groups (broad SMARTS) is 1. The second kappa shape index (κ2) is 7.05. The molecular formula is C18H23NO3S. The number of ketones is 1. The fourth-order valence-electron chi connectivity index (χ4n) is 4.07. The first-order chi connectivity index (χ1) is 11.1. The van der Waals surface area contributed by atoms with Crippen molar-refractivity contribution < 1.29 is 14.7 Å². The zero-order valence-electron chi connectivity index (χ0n) is 13.1. The number of nitrogens with zero attached hydrogens (tertiary/aromatic N) is 1. The van der Waals surface area contributed by atoms with Gasteiger partial charge < -0.3 is 5.11 Å². The minimum absolute atomic E-state index is 0.0806. The van der Waals surface area contributed by atoms with Gasteiger partial charge in [0.05, 0.1) is 0 Å². The molecule has 5 heteroatoms. The average Bonchev–Trinajstić information content (AvgIpc) is 2.94. The SMILES string of the molecule is O=C(CCC1CCCc2ccccc21)C1CCN(S)[C@@H]1C(=O)O. The zero-order valence-corrected chi connectivity index (χ0v) is 14.0. The van der Waals surface area contributed by atoms with Gasteiger partial charge in [0.15, 0.2) is 0 Å². The topological polar surface area (TPSA) is 57.6 Å². The molecule has 124 valence electrons. The predicted molar refractivity (Wildman–Crippen MR) is 91.6 cm³/mol. The lowest BCUT2D eigenvalue weighted by atomic mass is 9.79. The van der Waals surface area contributed by atoms with Crippen molar-refractivity contribution in [1.29, 1.82) is 0 Å². The van der Waals surface area contributed by atoms with Crippen LogP contribution in [0.4, 0.5) is 0 Å². The fraction of sp³-hybridized carbons (Fsp3) is 0.556. The Labute approximate surface area is 142 Å². The second-order valence-electron chi connectivity index (χ2n) is 6.63. The van der Waals surface area contributed by atoms with Gasteiger partial charge in [-0.05, 0) is 49.1 Å². The quantitative estimate of drug-likeness (QED) is 0.813. The molecule has 0 bridgehead atoms. The van der Waals surface area contributed by atoms with Crippen molar-refractivity contribution in [3.63, 3.8) is 0 Å². The smallest absolute Gasteiger partial charge is 0.322 e. The van der Waals surface area contributed by atoms with Crippen LogP contribution in [0.15, 0.2) is 24.3 Å².